The summed E-state index contributed by atoms with van der Waals surface area (Å²) in [6, 6.07) is -0.407. The second-order valence-corrected chi connectivity index (χ2v) is 0.839. The van der Waals surface area contributed by atoms with Crippen molar-refractivity contribution in [3.8, 4) is 0 Å². The van der Waals surface area contributed by atoms with Crippen LogP contribution in [-0.2, 0) is 0 Å². The Balaban J connectivity index is 0.000000360. The minimum atomic E-state index is -0.407. The van der Waals surface area contributed by atoms with Gasteiger partial charge in [0.2, 0.25) is 0 Å². The van der Waals surface area contributed by atoms with Crippen LogP contribution in [0.15, 0.2) is 9.98 Å². The van der Waals surface area contributed by atoms with E-state index in [9.17, 15) is 4.79 Å². The van der Waals surface area contributed by atoms with Gasteiger partial charge in [-0.1, -0.05) is 0 Å². The van der Waals surface area contributed by atoms with Gasteiger partial charge in [-0.15, -0.1) is 0 Å². The third-order valence-electron chi connectivity index (χ3n) is 0.437. The first-order valence-electron chi connectivity index (χ1n) is 1.50. The molecule has 0 aromatic carbocycles. The van der Waals surface area contributed by atoms with Crippen LogP contribution in [0.2, 0.25) is 0 Å². The van der Waals surface area contributed by atoms with E-state index >= 15 is 0 Å². The maximum atomic E-state index is 9.85. The highest BCUT2D eigenvalue weighted by molar-refractivity contribution is 7.59. The fraction of sp³-hybridized carbons (Fsp3) is 0. The molecule has 0 saturated carbocycles. The molecule has 1 rings (SSSR count). The number of urea groups is 1. The lowest BCUT2D eigenvalue weighted by atomic mass is 10.9. The highest BCUT2D eigenvalue weighted by Gasteiger charge is 1.91. The van der Waals surface area contributed by atoms with Crippen LogP contribution >= 0.6 is 13.5 Å². The van der Waals surface area contributed by atoms with Crippen LogP contribution in [0.1, 0.15) is 0 Å². The highest BCUT2D eigenvalue weighted by atomic mass is 32.1. The Hall–Kier alpha value is -0.640. The van der Waals surface area contributed by atoms with E-state index in [4.69, 9.17) is 0 Å². The predicted octanol–water partition coefficient (Wildman–Crippen LogP) is 0.374. The third kappa shape index (κ3) is 1.50. The molecule has 0 aliphatic carbocycles. The lowest BCUT2D eigenvalue weighted by Gasteiger charge is -1.62. The molecule has 0 N–H and O–H groups in total. The van der Waals surface area contributed by atoms with Gasteiger partial charge in [0.25, 0.3) is 0 Å². The molecule has 0 bridgehead atoms. The number of rotatable bonds is 0. The summed E-state index contributed by atoms with van der Waals surface area (Å²) in [6.07, 6.45) is 2.73. The zero-order valence-corrected chi connectivity index (χ0v) is 4.46. The first kappa shape index (κ1) is 6.36. The van der Waals surface area contributed by atoms with Gasteiger partial charge in [-0.05, 0) is 0 Å². The summed E-state index contributed by atoms with van der Waals surface area (Å²) in [5.74, 6) is 0. The Bertz CT molecular complexity index is 115. The van der Waals surface area contributed by atoms with E-state index in [1.165, 1.54) is 12.4 Å². The van der Waals surface area contributed by atoms with Gasteiger partial charge in [-0.25, -0.2) is 4.79 Å². The van der Waals surface area contributed by atoms with Crippen molar-refractivity contribution in [2.24, 2.45) is 9.98 Å². The number of hydrogen-bond acceptors (Lipinski definition) is 1. The molecule has 0 aromatic heterocycles. The van der Waals surface area contributed by atoms with Crippen LogP contribution in [0.3, 0.4) is 0 Å². The Morgan fingerprint density at radius 3 is 1.86 bits per heavy atom. The van der Waals surface area contributed by atoms with Crippen LogP contribution in [0.5, 0.6) is 0 Å². The molecule has 1 heterocycles. The largest absolute Gasteiger partial charge is 0.367 e. The average Bonchev–Trinajstić information content (AvgIpc) is 1.86. The molecule has 0 spiro atoms. The Morgan fingerprint density at radius 1 is 1.29 bits per heavy atom. The maximum absolute atomic E-state index is 9.85. The van der Waals surface area contributed by atoms with E-state index in [-0.39, 0.29) is 13.5 Å². The first-order valence-corrected chi connectivity index (χ1v) is 1.50. The fourth-order valence-electron chi connectivity index (χ4n) is 0.228. The van der Waals surface area contributed by atoms with Gasteiger partial charge in [0.15, 0.2) is 0 Å². The topological polar surface area (TPSA) is 41.8 Å². The summed E-state index contributed by atoms with van der Waals surface area (Å²) < 4.78 is 0. The van der Waals surface area contributed by atoms with Crippen molar-refractivity contribution in [3.05, 3.63) is 0 Å². The molecule has 7 heavy (non-hydrogen) atoms. The molecule has 0 unspecified atom stereocenters. The summed E-state index contributed by atoms with van der Waals surface area (Å²) in [5.41, 5.74) is 0. The number of aliphatic imine (C=N–C) groups is 2. The third-order valence-corrected chi connectivity index (χ3v) is 0.437. The number of carbonyl (C=O) groups excluding carboxylic acids is 1. The monoisotopic (exact) mass is 116 g/mol. The van der Waals surface area contributed by atoms with Gasteiger partial charge >= 0.3 is 6.03 Å². The molecule has 4 heteroatoms. The molecule has 38 valence electrons. The second-order valence-electron chi connectivity index (χ2n) is 0.839. The van der Waals surface area contributed by atoms with Gasteiger partial charge in [0.1, 0.15) is 0 Å². The van der Waals surface area contributed by atoms with Crippen LogP contribution < -0.4 is 0 Å². The zero-order chi connectivity index (χ0) is 4.41. The van der Waals surface area contributed by atoms with Crippen molar-refractivity contribution >= 4 is 32.0 Å². The van der Waals surface area contributed by atoms with Gasteiger partial charge in [-0.2, -0.15) is 23.5 Å². The SMILES string of the molecule is O=C1N=CC=N1.S. The summed E-state index contributed by atoms with van der Waals surface area (Å²) in [5, 5.41) is 0. The molecule has 2 amide bonds. The van der Waals surface area contributed by atoms with Crippen molar-refractivity contribution in [3.63, 3.8) is 0 Å². The van der Waals surface area contributed by atoms with E-state index in [1.54, 1.807) is 0 Å². The quantitative estimate of drug-likeness (QED) is 0.451. The average molecular weight is 116 g/mol. The number of carbonyl (C=O) groups is 1. The van der Waals surface area contributed by atoms with Crippen molar-refractivity contribution in [1.82, 2.24) is 0 Å². The van der Waals surface area contributed by atoms with Crippen molar-refractivity contribution in [2.45, 2.75) is 0 Å². The highest BCUT2D eigenvalue weighted by Crippen LogP contribution is 1.81. The Labute approximate surface area is 47.6 Å². The normalized spacial score (nSPS) is 14.6. The van der Waals surface area contributed by atoms with Crippen LogP contribution in [0.4, 0.5) is 4.79 Å². The molecule has 1 aliphatic rings. The Kier molecular flexibility index (Phi) is 2.29. The molecule has 0 atom stereocenters. The Morgan fingerprint density at radius 2 is 1.71 bits per heavy atom. The summed E-state index contributed by atoms with van der Waals surface area (Å²) in [7, 11) is 0. The number of nitrogens with zero attached hydrogens (tertiary/aromatic N) is 2. The van der Waals surface area contributed by atoms with Crippen molar-refractivity contribution < 1.29 is 4.79 Å². The lowest BCUT2D eigenvalue weighted by Crippen LogP contribution is -1.70. The molecule has 1 aliphatic heterocycles. The van der Waals surface area contributed by atoms with Gasteiger partial charge in [-0.3, -0.25) is 0 Å². The molecule has 0 saturated heterocycles. The molecule has 0 aromatic rings. The fourth-order valence-corrected chi connectivity index (χ4v) is 0.228. The smallest absolute Gasteiger partial charge is 0.244 e. The van der Waals surface area contributed by atoms with E-state index < -0.39 is 6.03 Å². The van der Waals surface area contributed by atoms with Gasteiger partial charge in [0.05, 0.1) is 12.4 Å². The first-order chi connectivity index (χ1) is 2.89. The standard InChI is InChI=1S/C3H2N2O.H2S/c6-3-4-1-2-5-3;/h1-2H;1H2. The summed E-state index contributed by atoms with van der Waals surface area (Å²) in [4.78, 5) is 16.3. The minimum absolute atomic E-state index is 0. The molecular formula is C3H4N2OS. The van der Waals surface area contributed by atoms with E-state index in [1.807, 2.05) is 0 Å². The molecule has 0 radical (unpaired) electrons. The van der Waals surface area contributed by atoms with E-state index in [2.05, 4.69) is 9.98 Å². The number of hydrogen-bond donors (Lipinski definition) is 0. The molecular weight excluding hydrogens is 112 g/mol. The summed E-state index contributed by atoms with van der Waals surface area (Å²) in [6.45, 7) is 0. The molecule has 0 fully saturated rings. The zero-order valence-electron chi connectivity index (χ0n) is 3.46. The van der Waals surface area contributed by atoms with Crippen LogP contribution in [0, 0.1) is 0 Å². The molecule has 3 nitrogen and oxygen atoms in total. The maximum Gasteiger partial charge on any atom is 0.367 e. The van der Waals surface area contributed by atoms with E-state index in [0.717, 1.165) is 0 Å². The lowest BCUT2D eigenvalue weighted by molar-refractivity contribution is 0.257. The predicted molar refractivity (Wildman–Crippen MR) is 32.8 cm³/mol. The van der Waals surface area contributed by atoms with Crippen molar-refractivity contribution in [1.29, 1.82) is 0 Å². The van der Waals surface area contributed by atoms with E-state index in [0.29, 0.717) is 0 Å². The number of amides is 2. The van der Waals surface area contributed by atoms with Crippen LogP contribution in [-0.4, -0.2) is 18.5 Å². The summed E-state index contributed by atoms with van der Waals surface area (Å²) >= 11 is 0. The van der Waals surface area contributed by atoms with Gasteiger partial charge < -0.3 is 0 Å². The second kappa shape index (κ2) is 2.52. The minimum Gasteiger partial charge on any atom is -0.244 e. The van der Waals surface area contributed by atoms with Crippen LogP contribution in [0.25, 0.3) is 0 Å². The van der Waals surface area contributed by atoms with Gasteiger partial charge in [0, 0.05) is 0 Å². The van der Waals surface area contributed by atoms with Crippen molar-refractivity contribution in [2.75, 3.05) is 0 Å².